The molecule has 2 heterocycles. The largest absolute Gasteiger partial charge is 0.373 e. The average Bonchev–Trinajstić information content (AvgIpc) is 2.72. The van der Waals surface area contributed by atoms with Gasteiger partial charge < -0.3 is 5.32 Å². The molecule has 0 fully saturated rings. The molecule has 5 nitrogen and oxygen atoms in total. The second kappa shape index (κ2) is 4.98. The first-order valence-electron chi connectivity index (χ1n) is 4.89. The molecule has 6 heteroatoms. The number of rotatable bonds is 4. The third kappa shape index (κ3) is 2.52. The Kier molecular flexibility index (Phi) is 3.40. The maximum Gasteiger partial charge on any atom is 0.186 e. The van der Waals surface area contributed by atoms with E-state index in [1.54, 1.807) is 29.0 Å². The molecule has 0 bridgehead atoms. The Balaban J connectivity index is 2.02. The number of nitrogens with one attached hydrogen (secondary N) is 1. The third-order valence-electron chi connectivity index (χ3n) is 2.12. The quantitative estimate of drug-likeness (QED) is 0.815. The first-order valence-corrected chi connectivity index (χ1v) is 5.87. The van der Waals surface area contributed by atoms with Gasteiger partial charge in [-0.2, -0.15) is 5.10 Å². The van der Waals surface area contributed by atoms with Gasteiger partial charge in [0.05, 0.1) is 0 Å². The van der Waals surface area contributed by atoms with Gasteiger partial charge in [0.2, 0.25) is 0 Å². The first kappa shape index (κ1) is 10.9. The zero-order valence-corrected chi connectivity index (χ0v) is 10.0. The Morgan fingerprint density at radius 3 is 3.00 bits per heavy atom. The van der Waals surface area contributed by atoms with E-state index in [4.69, 9.17) is 0 Å². The number of hydrogen-bond acceptors (Lipinski definition) is 5. The van der Waals surface area contributed by atoms with Crippen LogP contribution in [-0.4, -0.2) is 26.8 Å². The molecule has 0 radical (unpaired) electrons. The number of aromatic nitrogens is 4. The molecule has 0 atom stereocenters. The van der Waals surface area contributed by atoms with E-state index in [2.05, 4.69) is 20.4 Å². The van der Waals surface area contributed by atoms with Gasteiger partial charge in [-0.1, -0.05) is 11.8 Å². The second-order valence-electron chi connectivity index (χ2n) is 3.25. The number of nitrogens with zero attached hydrogens (tertiary/aromatic N) is 4. The summed E-state index contributed by atoms with van der Waals surface area (Å²) in [5.74, 6) is 1.75. The molecule has 0 unspecified atom stereocenters. The highest BCUT2D eigenvalue weighted by Gasteiger charge is 2.02. The van der Waals surface area contributed by atoms with Crippen LogP contribution in [0.2, 0.25) is 0 Å². The van der Waals surface area contributed by atoms with Gasteiger partial charge in [-0.25, -0.2) is 14.6 Å². The molecule has 2 aromatic heterocycles. The van der Waals surface area contributed by atoms with E-state index in [1.807, 2.05) is 26.2 Å². The Labute approximate surface area is 98.3 Å². The highest BCUT2D eigenvalue weighted by atomic mass is 32.2. The van der Waals surface area contributed by atoms with Gasteiger partial charge in [0.25, 0.3) is 0 Å². The summed E-state index contributed by atoms with van der Waals surface area (Å²) in [6.07, 6.45) is 3.37. The molecule has 0 aromatic carbocycles. The monoisotopic (exact) mass is 235 g/mol. The summed E-state index contributed by atoms with van der Waals surface area (Å²) in [4.78, 5) is 8.32. The molecular weight excluding hydrogens is 222 g/mol. The second-order valence-corrected chi connectivity index (χ2v) is 4.20. The van der Waals surface area contributed by atoms with Crippen LogP contribution in [0.1, 0.15) is 5.56 Å². The van der Waals surface area contributed by atoms with Gasteiger partial charge in [0.1, 0.15) is 12.1 Å². The van der Waals surface area contributed by atoms with Crippen LogP contribution in [0.15, 0.2) is 29.8 Å². The van der Waals surface area contributed by atoms with Gasteiger partial charge in [-0.05, 0) is 17.7 Å². The fourth-order valence-electron chi connectivity index (χ4n) is 1.26. The van der Waals surface area contributed by atoms with E-state index < -0.39 is 0 Å². The van der Waals surface area contributed by atoms with Crippen LogP contribution in [0, 0.1) is 0 Å². The van der Waals surface area contributed by atoms with Crippen molar-refractivity contribution in [3.05, 3.63) is 30.2 Å². The third-order valence-corrected chi connectivity index (χ3v) is 3.22. The van der Waals surface area contributed by atoms with Crippen molar-refractivity contribution in [2.75, 3.05) is 12.4 Å². The smallest absolute Gasteiger partial charge is 0.186 e. The number of thioether (sulfide) groups is 1. The Hall–Kier alpha value is -1.56. The summed E-state index contributed by atoms with van der Waals surface area (Å²) in [6, 6.07) is 4.04. The molecule has 2 rings (SSSR count). The van der Waals surface area contributed by atoms with Gasteiger partial charge in [-0.15, -0.1) is 0 Å². The van der Waals surface area contributed by atoms with Crippen molar-refractivity contribution < 1.29 is 0 Å². The first-order chi connectivity index (χ1) is 7.79. The van der Waals surface area contributed by atoms with E-state index in [0.29, 0.717) is 0 Å². The summed E-state index contributed by atoms with van der Waals surface area (Å²) in [6.45, 7) is 0. The van der Waals surface area contributed by atoms with E-state index in [-0.39, 0.29) is 0 Å². The van der Waals surface area contributed by atoms with Crippen LogP contribution >= 0.6 is 11.8 Å². The Bertz CT molecular complexity index is 468. The number of anilines is 1. The van der Waals surface area contributed by atoms with E-state index >= 15 is 0 Å². The van der Waals surface area contributed by atoms with Crippen molar-refractivity contribution in [3.8, 4) is 0 Å². The molecule has 1 N–H and O–H groups in total. The van der Waals surface area contributed by atoms with Crippen molar-refractivity contribution in [1.82, 2.24) is 19.7 Å². The molecule has 0 amide bonds. The molecule has 84 valence electrons. The zero-order valence-electron chi connectivity index (χ0n) is 9.21. The molecule has 0 aliphatic rings. The fraction of sp³-hybridized carbons (Fsp3) is 0.300. The van der Waals surface area contributed by atoms with Crippen LogP contribution in [0.25, 0.3) is 0 Å². The van der Waals surface area contributed by atoms with Gasteiger partial charge in [0.15, 0.2) is 5.16 Å². The minimum atomic E-state index is 0.865. The van der Waals surface area contributed by atoms with Crippen LogP contribution in [0.5, 0.6) is 0 Å². The lowest BCUT2D eigenvalue weighted by Gasteiger charge is -2.03. The average molecular weight is 235 g/mol. The van der Waals surface area contributed by atoms with Crippen molar-refractivity contribution in [2.24, 2.45) is 7.05 Å². The molecule has 0 aliphatic heterocycles. The normalized spacial score (nSPS) is 10.4. The highest BCUT2D eigenvalue weighted by Crippen LogP contribution is 2.20. The van der Waals surface area contributed by atoms with Crippen molar-refractivity contribution in [1.29, 1.82) is 0 Å². The predicted octanol–water partition coefficient (Wildman–Crippen LogP) is 1.54. The summed E-state index contributed by atoms with van der Waals surface area (Å²) < 4.78 is 1.77. The zero-order chi connectivity index (χ0) is 11.4. The summed E-state index contributed by atoms with van der Waals surface area (Å²) >= 11 is 1.66. The molecule has 2 aromatic rings. The summed E-state index contributed by atoms with van der Waals surface area (Å²) in [7, 11) is 3.75. The molecule has 0 aliphatic carbocycles. The maximum atomic E-state index is 4.17. The SMILES string of the molecule is CNc1cc(CSc2ncnn2C)ccn1. The van der Waals surface area contributed by atoms with Crippen molar-refractivity contribution in [3.63, 3.8) is 0 Å². The van der Waals surface area contributed by atoms with Crippen molar-refractivity contribution >= 4 is 17.6 Å². The minimum absolute atomic E-state index is 0.865. The summed E-state index contributed by atoms with van der Waals surface area (Å²) in [5.41, 5.74) is 1.22. The molecule has 0 saturated heterocycles. The molecule has 16 heavy (non-hydrogen) atoms. The Morgan fingerprint density at radius 1 is 1.44 bits per heavy atom. The molecule has 0 saturated carbocycles. The number of aryl methyl sites for hydroxylation is 1. The standard InChI is InChI=1S/C10H13N5S/c1-11-9-5-8(3-4-12-9)6-16-10-13-7-14-15(10)2/h3-5,7H,6H2,1-2H3,(H,11,12). The number of pyridine rings is 1. The lowest BCUT2D eigenvalue weighted by molar-refractivity contribution is 0.685. The summed E-state index contributed by atoms with van der Waals surface area (Å²) in [5, 5.41) is 7.96. The predicted molar refractivity (Wildman–Crippen MR) is 64.3 cm³/mol. The maximum absolute atomic E-state index is 4.17. The highest BCUT2D eigenvalue weighted by molar-refractivity contribution is 7.98. The van der Waals surface area contributed by atoms with Crippen LogP contribution in [-0.2, 0) is 12.8 Å². The molecule has 0 spiro atoms. The molecular formula is C10H13N5S. The van der Waals surface area contributed by atoms with Crippen LogP contribution < -0.4 is 5.32 Å². The van der Waals surface area contributed by atoms with Gasteiger partial charge in [-0.3, -0.25) is 0 Å². The minimum Gasteiger partial charge on any atom is -0.373 e. The van der Waals surface area contributed by atoms with E-state index in [0.717, 1.165) is 16.7 Å². The van der Waals surface area contributed by atoms with Crippen molar-refractivity contribution in [2.45, 2.75) is 10.9 Å². The Morgan fingerprint density at radius 2 is 2.31 bits per heavy atom. The van der Waals surface area contributed by atoms with E-state index in [9.17, 15) is 0 Å². The fourth-order valence-corrected chi connectivity index (χ4v) is 2.10. The topological polar surface area (TPSA) is 55.6 Å². The van der Waals surface area contributed by atoms with Crippen LogP contribution in [0.4, 0.5) is 5.82 Å². The van der Waals surface area contributed by atoms with Crippen LogP contribution in [0.3, 0.4) is 0 Å². The van der Waals surface area contributed by atoms with Gasteiger partial charge in [0, 0.05) is 26.0 Å². The number of hydrogen-bond donors (Lipinski definition) is 1. The lowest BCUT2D eigenvalue weighted by Crippen LogP contribution is -1.95. The lowest BCUT2D eigenvalue weighted by atomic mass is 10.3. The van der Waals surface area contributed by atoms with Gasteiger partial charge >= 0.3 is 0 Å². The van der Waals surface area contributed by atoms with E-state index in [1.165, 1.54) is 5.56 Å².